The van der Waals surface area contributed by atoms with Crippen LogP contribution in [0.4, 0.5) is 4.39 Å². The number of nitrogens with one attached hydrogen (secondary N) is 1. The third-order valence-corrected chi connectivity index (χ3v) is 11.3. The fourth-order valence-corrected chi connectivity index (χ4v) is 6.28. The van der Waals surface area contributed by atoms with E-state index in [0.29, 0.717) is 0 Å². The molecule has 6 nitrogen and oxygen atoms in total. The second-order valence-electron chi connectivity index (χ2n) is 6.83. The minimum atomic E-state index is -4.02. The summed E-state index contributed by atoms with van der Waals surface area (Å²) in [5, 5.41) is 12.2. The fourth-order valence-electron chi connectivity index (χ4n) is 1.46. The number of halogens is 1. The molecule has 1 heterocycles. The quantitative estimate of drug-likeness (QED) is 0.801. The molecule has 0 aliphatic rings. The normalized spacial score (nSPS) is 15.2. The average molecular weight is 337 g/mol. The first-order valence-corrected chi connectivity index (χ1v) is 11.2. The Hall–Kier alpha value is -0.773. The van der Waals surface area contributed by atoms with Crippen molar-refractivity contribution in [2.24, 2.45) is 0 Å². The van der Waals surface area contributed by atoms with Crippen LogP contribution in [0.15, 0.2) is 11.2 Å². The molecule has 0 fully saturated rings. The second-order valence-corrected chi connectivity index (χ2v) is 13.8. The van der Waals surface area contributed by atoms with Gasteiger partial charge in [0.2, 0.25) is 5.03 Å². The molecule has 0 spiro atoms. The molecule has 9 heteroatoms. The lowest BCUT2D eigenvalue weighted by atomic mass is 10.2. The lowest BCUT2D eigenvalue weighted by molar-refractivity contribution is 0.168. The predicted octanol–water partition coefficient (Wildman–Crippen LogP) is 1.69. The number of aromatic nitrogens is 2. The van der Waals surface area contributed by atoms with Gasteiger partial charge in [-0.3, -0.25) is 4.68 Å². The molecule has 122 valence electrons. The zero-order chi connectivity index (χ0) is 16.6. The van der Waals surface area contributed by atoms with E-state index in [1.807, 2.05) is 33.9 Å². The number of aliphatic hydroxyl groups is 1. The van der Waals surface area contributed by atoms with Crippen molar-refractivity contribution in [3.8, 4) is 0 Å². The van der Waals surface area contributed by atoms with E-state index in [9.17, 15) is 17.9 Å². The first kappa shape index (κ1) is 18.3. The predicted molar refractivity (Wildman–Crippen MR) is 81.4 cm³/mol. The van der Waals surface area contributed by atoms with Crippen LogP contribution >= 0.6 is 0 Å². The molecule has 0 saturated heterocycles. The number of hydrogen-bond donors (Lipinski definition) is 2. The highest BCUT2D eigenvalue weighted by molar-refractivity contribution is 7.90. The van der Waals surface area contributed by atoms with Gasteiger partial charge in [0.1, 0.15) is 8.24 Å². The van der Waals surface area contributed by atoms with Crippen LogP contribution in [0, 0.1) is 5.82 Å². The second kappa shape index (κ2) is 5.79. The summed E-state index contributed by atoms with van der Waals surface area (Å²) >= 11 is 0. The van der Waals surface area contributed by atoms with Gasteiger partial charge < -0.3 is 5.11 Å². The first-order chi connectivity index (χ1) is 9.26. The van der Waals surface area contributed by atoms with Crippen molar-refractivity contribution < 1.29 is 17.9 Å². The highest BCUT2D eigenvalue weighted by Crippen LogP contribution is 2.34. The summed E-state index contributed by atoms with van der Waals surface area (Å²) in [5.74, 6) is -0.915. The van der Waals surface area contributed by atoms with Crippen LogP contribution in [0.3, 0.4) is 0 Å². The number of rotatable bonds is 5. The van der Waals surface area contributed by atoms with E-state index >= 15 is 0 Å². The maximum absolute atomic E-state index is 13.9. The van der Waals surface area contributed by atoms with Crippen LogP contribution in [0.5, 0.6) is 0 Å². The van der Waals surface area contributed by atoms with Gasteiger partial charge in [0, 0.05) is 0 Å². The zero-order valence-corrected chi connectivity index (χ0v) is 15.1. The highest BCUT2D eigenvalue weighted by Gasteiger charge is 2.41. The Morgan fingerprint density at radius 1 is 1.48 bits per heavy atom. The van der Waals surface area contributed by atoms with E-state index in [0.717, 1.165) is 10.9 Å². The average Bonchev–Trinajstić information content (AvgIpc) is 2.55. The number of sulfonamides is 1. The molecule has 0 aliphatic carbocycles. The van der Waals surface area contributed by atoms with Gasteiger partial charge in [-0.05, 0) is 12.0 Å². The van der Waals surface area contributed by atoms with Crippen molar-refractivity contribution in [1.82, 2.24) is 14.2 Å². The van der Waals surface area contributed by atoms with Crippen molar-refractivity contribution in [3.05, 3.63) is 12.0 Å². The van der Waals surface area contributed by atoms with E-state index in [4.69, 9.17) is 0 Å². The summed E-state index contributed by atoms with van der Waals surface area (Å²) in [6.45, 7) is 11.1. The standard InChI is InChI=1S/C12H24FN3O3SSi/c1-9(17)7-16-8-10(13)11(14-16)20(18,19)15-21(5,6)12(2,3)4/h8-9,15,17H,7H2,1-6H3/t9-/m1/s1. The summed E-state index contributed by atoms with van der Waals surface area (Å²) in [7, 11) is -6.40. The largest absolute Gasteiger partial charge is 0.391 e. The topological polar surface area (TPSA) is 84.2 Å². The van der Waals surface area contributed by atoms with Crippen LogP contribution in [0.2, 0.25) is 18.1 Å². The zero-order valence-electron chi connectivity index (χ0n) is 13.3. The Balaban J connectivity index is 3.12. The van der Waals surface area contributed by atoms with Crippen molar-refractivity contribution in [2.45, 2.75) is 63.5 Å². The molecule has 1 aromatic heterocycles. The Bertz CT molecular complexity index is 606. The molecule has 0 aromatic carbocycles. The summed E-state index contributed by atoms with van der Waals surface area (Å²) in [6, 6.07) is 0. The highest BCUT2D eigenvalue weighted by atomic mass is 32.2. The molecule has 0 radical (unpaired) electrons. The molecule has 21 heavy (non-hydrogen) atoms. The summed E-state index contributed by atoms with van der Waals surface area (Å²) in [4.78, 5) is 0. The number of aliphatic hydroxyl groups excluding tert-OH is 1. The smallest absolute Gasteiger partial charge is 0.256 e. The van der Waals surface area contributed by atoms with Crippen LogP contribution in [-0.4, -0.2) is 37.6 Å². The third-order valence-electron chi connectivity index (χ3n) is 3.66. The van der Waals surface area contributed by atoms with Gasteiger partial charge >= 0.3 is 0 Å². The number of nitrogens with zero attached hydrogens (tertiary/aromatic N) is 2. The molecule has 2 N–H and O–H groups in total. The van der Waals surface area contributed by atoms with Gasteiger partial charge in [-0.15, -0.1) is 0 Å². The summed E-state index contributed by atoms with van der Waals surface area (Å²) in [6.07, 6.45) is 0.237. The third kappa shape index (κ3) is 4.35. The fraction of sp³-hybridized carbons (Fsp3) is 0.750. The Morgan fingerprint density at radius 3 is 2.43 bits per heavy atom. The van der Waals surface area contributed by atoms with Crippen molar-refractivity contribution >= 4 is 18.3 Å². The molecule has 0 bridgehead atoms. The summed E-state index contributed by atoms with van der Waals surface area (Å²) in [5.41, 5.74) is 0. The molecule has 0 unspecified atom stereocenters. The number of hydrogen-bond acceptors (Lipinski definition) is 4. The van der Waals surface area contributed by atoms with Crippen molar-refractivity contribution in [2.75, 3.05) is 0 Å². The lowest BCUT2D eigenvalue weighted by Gasteiger charge is -2.36. The van der Waals surface area contributed by atoms with Crippen LogP contribution in [-0.2, 0) is 16.6 Å². The van der Waals surface area contributed by atoms with E-state index < -0.39 is 35.2 Å². The SMILES string of the molecule is C[C@@H](O)Cn1cc(F)c(S(=O)(=O)N[Si](C)(C)C(C)(C)C)n1. The Kier molecular flexibility index (Phi) is 5.04. The minimum absolute atomic E-state index is 0.0343. The van der Waals surface area contributed by atoms with Crippen molar-refractivity contribution in [3.63, 3.8) is 0 Å². The van der Waals surface area contributed by atoms with Crippen LogP contribution in [0.1, 0.15) is 27.7 Å². The maximum Gasteiger partial charge on any atom is 0.256 e. The molecular weight excluding hydrogens is 313 g/mol. The molecule has 1 atom stereocenters. The van der Waals surface area contributed by atoms with E-state index in [1.165, 1.54) is 6.92 Å². The Labute approximate surface area is 126 Å². The molecule has 0 aliphatic heterocycles. The van der Waals surface area contributed by atoms with Gasteiger partial charge in [-0.25, -0.2) is 17.2 Å². The summed E-state index contributed by atoms with van der Waals surface area (Å²) < 4.78 is 42.3. The van der Waals surface area contributed by atoms with Gasteiger partial charge in [0.25, 0.3) is 10.0 Å². The van der Waals surface area contributed by atoms with Gasteiger partial charge in [-0.1, -0.05) is 33.9 Å². The molecular formula is C12H24FN3O3SSi. The molecule has 1 rings (SSSR count). The van der Waals surface area contributed by atoms with E-state index in [2.05, 4.69) is 9.49 Å². The van der Waals surface area contributed by atoms with Crippen LogP contribution < -0.4 is 4.39 Å². The minimum Gasteiger partial charge on any atom is -0.391 e. The maximum atomic E-state index is 13.9. The molecule has 1 aromatic rings. The van der Waals surface area contributed by atoms with E-state index in [1.54, 1.807) is 0 Å². The monoisotopic (exact) mass is 337 g/mol. The van der Waals surface area contributed by atoms with E-state index in [-0.39, 0.29) is 11.6 Å². The van der Waals surface area contributed by atoms with Gasteiger partial charge in [-0.2, -0.15) is 5.10 Å². The van der Waals surface area contributed by atoms with Crippen LogP contribution in [0.25, 0.3) is 0 Å². The van der Waals surface area contributed by atoms with Crippen molar-refractivity contribution in [1.29, 1.82) is 0 Å². The molecule has 0 amide bonds. The first-order valence-electron chi connectivity index (χ1n) is 6.71. The Morgan fingerprint density at radius 2 is 2.00 bits per heavy atom. The lowest BCUT2D eigenvalue weighted by Crippen LogP contribution is -2.54. The van der Waals surface area contributed by atoms with Gasteiger partial charge in [0.15, 0.2) is 5.82 Å². The van der Waals surface area contributed by atoms with Gasteiger partial charge in [0.05, 0.1) is 18.8 Å². The molecule has 0 saturated carbocycles.